The predicted molar refractivity (Wildman–Crippen MR) is 145 cm³/mol. The lowest BCUT2D eigenvalue weighted by Gasteiger charge is -2.20. The summed E-state index contributed by atoms with van der Waals surface area (Å²) in [6, 6.07) is 15.0. The van der Waals surface area contributed by atoms with Crippen molar-refractivity contribution in [3.05, 3.63) is 72.6 Å². The van der Waals surface area contributed by atoms with E-state index in [0.29, 0.717) is 5.75 Å². The van der Waals surface area contributed by atoms with Gasteiger partial charge in [0.25, 0.3) is 15.9 Å². The Balaban J connectivity index is 1.85. The van der Waals surface area contributed by atoms with Crippen LogP contribution in [0, 0.1) is 0 Å². The predicted octanol–water partition coefficient (Wildman–Crippen LogP) is 4.20. The smallest absolute Gasteiger partial charge is 0.263 e. The van der Waals surface area contributed by atoms with Gasteiger partial charge in [-0.25, -0.2) is 23.4 Å². The molecule has 12 heteroatoms. The Morgan fingerprint density at radius 3 is 2.18 bits per heavy atom. The van der Waals surface area contributed by atoms with Crippen LogP contribution in [0.2, 0.25) is 0 Å². The molecule has 0 aliphatic heterocycles. The van der Waals surface area contributed by atoms with Crippen molar-refractivity contribution in [1.29, 1.82) is 0 Å². The number of aliphatic hydroxyl groups excluding tert-OH is 1. The monoisotopic (exact) mass is 557 g/mol. The lowest BCUT2D eigenvalue weighted by Crippen LogP contribution is -2.17. The van der Waals surface area contributed by atoms with Gasteiger partial charge < -0.3 is 19.3 Å². The van der Waals surface area contributed by atoms with Crippen molar-refractivity contribution < 1.29 is 27.7 Å². The minimum Gasteiger partial charge on any atom is -0.493 e. The maximum Gasteiger partial charge on any atom is 0.263 e. The number of nitrogens with one attached hydrogen (secondary N) is 1. The fourth-order valence-corrected chi connectivity index (χ4v) is 4.48. The van der Waals surface area contributed by atoms with Gasteiger partial charge in [0.15, 0.2) is 23.1 Å². The average molecular weight is 558 g/mol. The molecule has 0 fully saturated rings. The summed E-state index contributed by atoms with van der Waals surface area (Å²) in [6.45, 7) is 5.65. The standard InChI is InChI=1S/C27H29N5O6S/c1-27(2,3)18-10-12-19(13-11-18)39(34,35)32-23-22(38-21-9-6-5-8-20(21)36-4)26(37-17-16-33)31-25(30-23)24-28-14-7-15-29-24/h5-15,33H,16-17H2,1-4H3,(H,30,31,32)/i10+1,11+1,12+1,13+1,18+1,19+1. The zero-order chi connectivity index (χ0) is 28.0. The molecule has 0 saturated heterocycles. The maximum absolute atomic E-state index is 13.5. The molecule has 39 heavy (non-hydrogen) atoms. The first kappa shape index (κ1) is 27.7. The van der Waals surface area contributed by atoms with Crippen LogP contribution in [0.3, 0.4) is 0 Å². The van der Waals surface area contributed by atoms with Crippen molar-refractivity contribution in [3.8, 4) is 34.8 Å². The summed E-state index contributed by atoms with van der Waals surface area (Å²) in [7, 11) is -2.66. The highest BCUT2D eigenvalue weighted by Crippen LogP contribution is 2.41. The summed E-state index contributed by atoms with van der Waals surface area (Å²) in [5.41, 5.74) is 0.827. The number of rotatable bonds is 10. The highest BCUT2D eigenvalue weighted by molar-refractivity contribution is 7.92. The van der Waals surface area contributed by atoms with Crippen LogP contribution in [0.5, 0.6) is 23.1 Å². The van der Waals surface area contributed by atoms with Gasteiger partial charge in [0.05, 0.1) is 18.6 Å². The molecule has 0 radical (unpaired) electrons. The van der Waals surface area contributed by atoms with E-state index >= 15 is 0 Å². The molecular weight excluding hydrogens is 528 g/mol. The first-order valence-electron chi connectivity index (χ1n) is 12.0. The molecule has 4 rings (SSSR count). The van der Waals surface area contributed by atoms with E-state index in [1.807, 2.05) is 20.8 Å². The van der Waals surface area contributed by atoms with E-state index in [9.17, 15) is 13.5 Å². The molecule has 11 nitrogen and oxygen atoms in total. The Morgan fingerprint density at radius 1 is 0.897 bits per heavy atom. The molecule has 2 N–H and O–H groups in total. The van der Waals surface area contributed by atoms with E-state index in [4.69, 9.17) is 14.2 Å². The van der Waals surface area contributed by atoms with Gasteiger partial charge in [0, 0.05) is 12.4 Å². The minimum absolute atomic E-state index is 0.0169. The van der Waals surface area contributed by atoms with Crippen LogP contribution in [0.15, 0.2) is 71.9 Å². The lowest BCUT2D eigenvalue weighted by molar-refractivity contribution is 0.192. The van der Waals surface area contributed by atoms with Crippen molar-refractivity contribution in [3.63, 3.8) is 0 Å². The Morgan fingerprint density at radius 2 is 1.56 bits per heavy atom. The van der Waals surface area contributed by atoms with Gasteiger partial charge in [0.1, 0.15) is 6.61 Å². The van der Waals surface area contributed by atoms with Gasteiger partial charge in [-0.1, -0.05) is 45.0 Å². The van der Waals surface area contributed by atoms with Gasteiger partial charge in [0.2, 0.25) is 11.6 Å². The molecule has 0 unspecified atom stereocenters. The fraction of sp³-hybridized carbons (Fsp3) is 0.259. The third kappa shape index (κ3) is 6.59. The van der Waals surface area contributed by atoms with Crippen LogP contribution in [-0.2, 0) is 15.4 Å². The van der Waals surface area contributed by atoms with E-state index in [1.165, 1.54) is 31.6 Å². The fourth-order valence-electron chi connectivity index (χ4n) is 3.48. The third-order valence-corrected chi connectivity index (χ3v) is 6.83. The number of aromatic nitrogens is 4. The SMILES string of the molecule is COc1ccccc1Oc1c(NS(=O)(=O)[13c]2[13cH][13cH][13c](C(C)(C)C)[13cH][13cH]2)nc(-c2ncccn2)nc1OCCO. The van der Waals surface area contributed by atoms with Crippen molar-refractivity contribution in [2.45, 2.75) is 31.1 Å². The van der Waals surface area contributed by atoms with E-state index in [2.05, 4.69) is 24.7 Å². The molecule has 2 aromatic carbocycles. The van der Waals surface area contributed by atoms with Crippen LogP contribution in [0.4, 0.5) is 5.82 Å². The van der Waals surface area contributed by atoms with Crippen LogP contribution in [0.25, 0.3) is 11.6 Å². The molecular formula is C27H29N5O6S. The van der Waals surface area contributed by atoms with E-state index in [-0.39, 0.29) is 58.4 Å². The second kappa shape index (κ2) is 11.6. The van der Waals surface area contributed by atoms with E-state index in [0.717, 1.165) is 5.56 Å². The van der Waals surface area contributed by atoms with E-state index < -0.39 is 10.0 Å². The molecule has 0 bridgehead atoms. The molecule has 0 atom stereocenters. The van der Waals surface area contributed by atoms with Gasteiger partial charge in [-0.05, 0) is 41.3 Å². The molecule has 0 aliphatic rings. The second-order valence-corrected chi connectivity index (χ2v) is 11.0. The first-order valence-corrected chi connectivity index (χ1v) is 13.5. The van der Waals surface area contributed by atoms with Gasteiger partial charge >= 0.3 is 0 Å². The molecule has 0 saturated carbocycles. The first-order chi connectivity index (χ1) is 18.6. The van der Waals surface area contributed by atoms with Crippen molar-refractivity contribution in [1.82, 2.24) is 19.9 Å². The summed E-state index contributed by atoms with van der Waals surface area (Å²) in [5.74, 6) is 0.271. The average Bonchev–Trinajstić information content (AvgIpc) is 2.93. The number of hydrogen-bond acceptors (Lipinski definition) is 10. The number of para-hydroxylation sites is 2. The number of ether oxygens (including phenoxy) is 3. The molecule has 2 heterocycles. The number of hydrogen-bond donors (Lipinski definition) is 2. The van der Waals surface area contributed by atoms with Crippen LogP contribution >= 0.6 is 0 Å². The van der Waals surface area contributed by atoms with Crippen molar-refractivity contribution in [2.24, 2.45) is 0 Å². The quantitative estimate of drug-likeness (QED) is 0.291. The molecule has 4 aromatic rings. The van der Waals surface area contributed by atoms with Crippen molar-refractivity contribution in [2.75, 3.05) is 25.0 Å². The van der Waals surface area contributed by atoms with Gasteiger partial charge in [-0.3, -0.25) is 4.72 Å². The Hall–Kier alpha value is -4.29. The topological polar surface area (TPSA) is 146 Å². The van der Waals surface area contributed by atoms with E-state index in [1.54, 1.807) is 42.5 Å². The van der Waals surface area contributed by atoms with Gasteiger partial charge in [-0.2, -0.15) is 4.98 Å². The van der Waals surface area contributed by atoms with Crippen molar-refractivity contribution >= 4 is 15.8 Å². The molecule has 0 amide bonds. The highest BCUT2D eigenvalue weighted by Gasteiger charge is 2.26. The largest absolute Gasteiger partial charge is 0.493 e. The summed E-state index contributed by atoms with van der Waals surface area (Å²) >= 11 is 0. The van der Waals surface area contributed by atoms with Gasteiger partial charge in [-0.15, -0.1) is 0 Å². The summed E-state index contributed by atoms with van der Waals surface area (Å²) in [4.78, 5) is 17.1. The molecule has 0 aliphatic carbocycles. The minimum atomic E-state index is -4.14. The Labute approximate surface area is 226 Å². The van der Waals surface area contributed by atoms with Crippen LogP contribution in [0.1, 0.15) is 26.3 Å². The lowest BCUT2D eigenvalue weighted by atomic mass is 10.1. The Bertz CT molecular complexity index is 1530. The maximum atomic E-state index is 13.5. The number of anilines is 1. The number of sulfonamides is 1. The number of benzene rings is 2. The zero-order valence-electron chi connectivity index (χ0n) is 22.0. The highest BCUT2D eigenvalue weighted by atomic mass is 32.2. The molecule has 2 aromatic heterocycles. The normalized spacial score (nSPS) is 11.6. The summed E-state index contributed by atoms with van der Waals surface area (Å²) in [6.07, 6.45) is 3.00. The zero-order valence-corrected chi connectivity index (χ0v) is 22.8. The molecule has 204 valence electrons. The number of aliphatic hydroxyl groups is 1. The Kier molecular flexibility index (Phi) is 8.27. The third-order valence-electron chi connectivity index (χ3n) is 5.47. The second-order valence-electron chi connectivity index (χ2n) is 9.31. The summed E-state index contributed by atoms with van der Waals surface area (Å²) < 4.78 is 46.6. The van der Waals surface area contributed by atoms with Crippen LogP contribution < -0.4 is 18.9 Å². The molecule has 0 spiro atoms. The number of nitrogens with zero attached hydrogens (tertiary/aromatic N) is 4. The summed E-state index contributed by atoms with van der Waals surface area (Å²) in [5, 5.41) is 9.40. The van der Waals surface area contributed by atoms with Crippen LogP contribution in [-0.4, -0.2) is 53.8 Å². The number of methoxy groups -OCH3 is 1.